The molecule has 0 saturated heterocycles. The third kappa shape index (κ3) is 7.48. The Kier molecular flexibility index (Phi) is 8.35. The van der Waals surface area contributed by atoms with E-state index < -0.39 is 60.4 Å². The Morgan fingerprint density at radius 1 is 0.667 bits per heavy atom. The van der Waals surface area contributed by atoms with E-state index in [0.29, 0.717) is 39.3 Å². The Morgan fingerprint density at radius 2 is 1.33 bits per heavy atom. The van der Waals surface area contributed by atoms with Crippen molar-refractivity contribution in [1.82, 2.24) is 14.1 Å². The van der Waals surface area contributed by atoms with E-state index in [4.69, 9.17) is 18.7 Å². The predicted octanol–water partition coefficient (Wildman–Crippen LogP) is 13.8. The third-order valence-corrected chi connectivity index (χ3v) is 11.5. The van der Waals surface area contributed by atoms with Crippen molar-refractivity contribution in [1.29, 1.82) is 5.26 Å². The maximum Gasteiger partial charge on any atom is 0.268 e. The average molecular weight is 1040 g/mol. The van der Waals surface area contributed by atoms with Crippen molar-refractivity contribution in [3.8, 4) is 45.5 Å². The summed E-state index contributed by atoms with van der Waals surface area (Å²) in [6, 6.07) is 45.5. The monoisotopic (exact) mass is 1040 g/mol. The summed E-state index contributed by atoms with van der Waals surface area (Å²) in [4.78, 5) is 6.85. The fourth-order valence-corrected chi connectivity index (χ4v) is 8.45. The molecule has 0 aliphatic heterocycles. The summed E-state index contributed by atoms with van der Waals surface area (Å²) in [5.41, 5.74) is 6.69. The molecule has 0 saturated carbocycles. The van der Waals surface area contributed by atoms with E-state index in [-0.39, 0.29) is 54.4 Å². The molecule has 3 heterocycles. The number of anilines is 3. The number of pyridine rings is 1. The number of nitrogens with zero attached hydrogens (tertiary/aromatic N) is 6. The van der Waals surface area contributed by atoms with Crippen LogP contribution in [-0.2, 0) is 26.5 Å². The van der Waals surface area contributed by atoms with Gasteiger partial charge in [-0.1, -0.05) is 165 Å². The summed E-state index contributed by atoms with van der Waals surface area (Å²) >= 11 is 0. The van der Waals surface area contributed by atoms with Gasteiger partial charge >= 0.3 is 0 Å². The standard InChI is InChI=1S/C59H42N6.Pt/c1-59(2,3)44-33-34-61-57(36-44)65-53-28-11-10-25-51(53)52-32-31-48(38-56(52)65)64(46-23-14-17-41(35-46)39-60)47-24-15-22-45(37-47)62-40-63(55-30-13-12-29-54(55)62)58-49(42-18-6-4-7-19-42)26-16-27-50(58)43-20-8-5-9-21-43;/h4-36H,1-3H3;/q-2;/i4D,5D,6D,7D,8D,9D,18D,19D,20D,21D;. The minimum Gasteiger partial charge on any atom is -0.359 e. The van der Waals surface area contributed by atoms with Crippen molar-refractivity contribution in [2.45, 2.75) is 26.2 Å². The SMILES string of the molecule is [2H]c1c([2H])c([2H])c(-c2cccc(-c3c([2H])c([2H])c([2H])c([2H])c3[2H])c2-[n+]2[c-]n(-c3[c-]c(N(c4[c-]c5c(cc4)c4ccccc4n5-c4cc(C(C)(C)C)ccn4)c4cccc(C#N)c4)ccc3)c3ccccc32)c([2H])c1[2H].[Pt]. The van der Waals surface area contributed by atoms with E-state index in [1.807, 2.05) is 83.9 Å². The molecule has 0 atom stereocenters. The number of rotatable bonds is 8. The first-order valence-electron chi connectivity index (χ1n) is 26.0. The zero-order valence-electron chi connectivity index (χ0n) is 45.8. The van der Waals surface area contributed by atoms with Crippen molar-refractivity contribution in [2.24, 2.45) is 0 Å². The Hall–Kier alpha value is -7.84. The number of nitriles is 1. The van der Waals surface area contributed by atoms with E-state index in [9.17, 15) is 5.26 Å². The number of hydrogen-bond donors (Lipinski definition) is 0. The van der Waals surface area contributed by atoms with Crippen LogP contribution in [0.3, 0.4) is 0 Å². The van der Waals surface area contributed by atoms with E-state index in [2.05, 4.69) is 74.1 Å². The third-order valence-electron chi connectivity index (χ3n) is 11.5. The second kappa shape index (κ2) is 17.3. The van der Waals surface area contributed by atoms with Gasteiger partial charge in [0.25, 0.3) is 6.33 Å². The van der Waals surface area contributed by atoms with Crippen molar-refractivity contribution in [2.75, 3.05) is 4.90 Å². The molecule has 0 amide bonds. The minimum absolute atomic E-state index is 0. The van der Waals surface area contributed by atoms with Crippen LogP contribution in [0.4, 0.5) is 17.1 Å². The molecule has 6 nitrogen and oxygen atoms in total. The number of hydrogen-bond acceptors (Lipinski definition) is 3. The van der Waals surface area contributed by atoms with Crippen molar-refractivity contribution in [3.05, 3.63) is 230 Å². The first-order valence-corrected chi connectivity index (χ1v) is 21.0. The van der Waals surface area contributed by atoms with E-state index in [1.165, 1.54) is 0 Å². The normalized spacial score (nSPS) is 13.5. The first kappa shape index (κ1) is 31.9. The molecule has 66 heavy (non-hydrogen) atoms. The minimum atomic E-state index is -0.584. The van der Waals surface area contributed by atoms with Crippen LogP contribution in [0.1, 0.15) is 45.6 Å². The molecule has 0 bridgehead atoms. The fourth-order valence-electron chi connectivity index (χ4n) is 8.45. The second-order valence-corrected chi connectivity index (χ2v) is 16.5. The van der Waals surface area contributed by atoms with E-state index >= 15 is 0 Å². The van der Waals surface area contributed by atoms with Crippen LogP contribution in [0.5, 0.6) is 0 Å². The average Bonchev–Trinajstić information content (AvgIpc) is 4.01. The van der Waals surface area contributed by atoms with Gasteiger partial charge in [-0.3, -0.25) is 4.57 Å². The van der Waals surface area contributed by atoms with Gasteiger partial charge < -0.3 is 14.0 Å². The number of benzene rings is 8. The summed E-state index contributed by atoms with van der Waals surface area (Å²) in [7, 11) is 0. The van der Waals surface area contributed by atoms with Crippen LogP contribution in [-0.4, -0.2) is 14.1 Å². The number of aromatic nitrogens is 4. The van der Waals surface area contributed by atoms with Gasteiger partial charge in [0.2, 0.25) is 0 Å². The quantitative estimate of drug-likeness (QED) is 0.113. The maximum atomic E-state index is 10.2. The summed E-state index contributed by atoms with van der Waals surface area (Å²) in [5.74, 6) is 0.736. The molecule has 8 aromatic carbocycles. The van der Waals surface area contributed by atoms with Crippen molar-refractivity contribution in [3.63, 3.8) is 0 Å². The van der Waals surface area contributed by atoms with Gasteiger partial charge in [0.15, 0.2) is 0 Å². The molecular formula is C59H42N6Pt-2. The largest absolute Gasteiger partial charge is 0.359 e. The molecule has 320 valence electrons. The van der Waals surface area contributed by atoms with Crippen LogP contribution in [0.2, 0.25) is 0 Å². The molecule has 0 spiro atoms. The van der Waals surface area contributed by atoms with Gasteiger partial charge in [0.05, 0.1) is 42.1 Å². The van der Waals surface area contributed by atoms with Gasteiger partial charge in [-0.15, -0.1) is 23.6 Å². The smallest absolute Gasteiger partial charge is 0.268 e. The van der Waals surface area contributed by atoms with Crippen LogP contribution in [0, 0.1) is 29.8 Å². The summed E-state index contributed by atoms with van der Waals surface area (Å²) in [6.45, 7) is 6.50. The second-order valence-electron chi connectivity index (χ2n) is 16.5. The molecule has 0 radical (unpaired) electrons. The molecule has 0 unspecified atom stereocenters. The number of para-hydroxylation sites is 4. The van der Waals surface area contributed by atoms with E-state index in [1.54, 1.807) is 45.5 Å². The molecule has 0 fully saturated rings. The number of imidazole rings is 1. The Morgan fingerprint density at radius 3 is 2.06 bits per heavy atom. The van der Waals surface area contributed by atoms with Gasteiger partial charge in [-0.2, -0.15) is 29.5 Å². The van der Waals surface area contributed by atoms with Gasteiger partial charge in [0, 0.05) is 38.5 Å². The number of fused-ring (bicyclic) bond motifs is 4. The zero-order chi connectivity index (χ0) is 52.8. The Bertz CT molecular complexity index is 4090. The first-order chi connectivity index (χ1) is 36.0. The van der Waals surface area contributed by atoms with Crippen LogP contribution < -0.4 is 9.47 Å². The molecule has 11 aromatic rings. The van der Waals surface area contributed by atoms with Crippen molar-refractivity contribution >= 4 is 49.9 Å². The molecule has 3 aromatic heterocycles. The Balaban J connectivity index is 0.00000657. The summed E-state index contributed by atoms with van der Waals surface area (Å²) < 4.78 is 93.2. The Labute approximate surface area is 413 Å². The predicted molar refractivity (Wildman–Crippen MR) is 262 cm³/mol. The molecule has 0 N–H and O–H groups in total. The summed E-state index contributed by atoms with van der Waals surface area (Å²) in [6.07, 6.45) is 5.29. The molecule has 11 rings (SSSR count). The molecule has 0 aliphatic rings. The zero-order valence-corrected chi connectivity index (χ0v) is 38.1. The maximum absolute atomic E-state index is 10.2. The molecule has 7 heteroatoms. The van der Waals surface area contributed by atoms with Crippen LogP contribution in [0.15, 0.2) is 200 Å². The topological polar surface area (TPSA) is 53.7 Å². The van der Waals surface area contributed by atoms with Gasteiger partial charge in [-0.25, -0.2) is 4.98 Å². The van der Waals surface area contributed by atoms with Gasteiger partial charge in [-0.05, 0) is 80.7 Å². The van der Waals surface area contributed by atoms with Gasteiger partial charge in [0.1, 0.15) is 5.82 Å². The van der Waals surface area contributed by atoms with Crippen molar-refractivity contribution < 1.29 is 39.3 Å². The summed E-state index contributed by atoms with van der Waals surface area (Å²) in [5, 5.41) is 12.2. The van der Waals surface area contributed by atoms with E-state index in [0.717, 1.165) is 33.2 Å². The van der Waals surface area contributed by atoms with Crippen LogP contribution >= 0.6 is 0 Å². The van der Waals surface area contributed by atoms with Crippen LogP contribution in [0.25, 0.3) is 72.3 Å². The molecule has 0 aliphatic carbocycles. The fraction of sp³-hybridized carbons (Fsp3) is 0.0678. The molecular weight excluding hydrogens is 988 g/mol.